The topological polar surface area (TPSA) is 80.0 Å². The number of rotatable bonds is 4. The fourth-order valence-electron chi connectivity index (χ4n) is 2.69. The number of carbonyl (C=O) groups is 1. The van der Waals surface area contributed by atoms with E-state index in [1.54, 1.807) is 18.2 Å². The van der Waals surface area contributed by atoms with E-state index >= 15 is 0 Å². The molecule has 1 fully saturated rings. The van der Waals surface area contributed by atoms with Gasteiger partial charge < -0.3 is 10.7 Å². The molecule has 1 aliphatic carbocycles. The third kappa shape index (κ3) is 3.67. The molecule has 2 unspecified atom stereocenters. The molecule has 0 aliphatic heterocycles. The van der Waals surface area contributed by atoms with Gasteiger partial charge in [-0.25, -0.2) is 10.8 Å². The minimum absolute atomic E-state index is 0.112. The summed E-state index contributed by atoms with van der Waals surface area (Å²) in [5.41, 5.74) is 2.86. The summed E-state index contributed by atoms with van der Waals surface area (Å²) in [6.07, 6.45) is 5.82. The minimum atomic E-state index is -0.112. The van der Waals surface area contributed by atoms with Gasteiger partial charge in [0, 0.05) is 6.04 Å². The molecule has 1 amide bonds. The lowest BCUT2D eigenvalue weighted by atomic mass is 9.84. The predicted octanol–water partition coefficient (Wildman–Crippen LogP) is 2.07. The van der Waals surface area contributed by atoms with Crippen molar-refractivity contribution >= 4 is 11.7 Å². The number of carbonyl (C=O) groups excluding carboxylic acids is 1. The maximum absolute atomic E-state index is 12.1. The number of hydrogen-bond acceptors (Lipinski definition) is 4. The van der Waals surface area contributed by atoms with Crippen LogP contribution in [0.1, 0.15) is 49.5 Å². The number of hydrazine groups is 1. The molecule has 5 heteroatoms. The van der Waals surface area contributed by atoms with Crippen LogP contribution in [0.3, 0.4) is 0 Å². The molecule has 5 nitrogen and oxygen atoms in total. The molecule has 0 saturated heterocycles. The zero-order chi connectivity index (χ0) is 13.7. The van der Waals surface area contributed by atoms with Gasteiger partial charge in [0.15, 0.2) is 0 Å². The summed E-state index contributed by atoms with van der Waals surface area (Å²) in [7, 11) is 0. The van der Waals surface area contributed by atoms with Gasteiger partial charge in [-0.1, -0.05) is 32.3 Å². The quantitative estimate of drug-likeness (QED) is 0.573. The third-order valence-electron chi connectivity index (χ3n) is 3.82. The molecule has 1 heterocycles. The molecule has 1 aliphatic rings. The number of hydrogen-bond donors (Lipinski definition) is 3. The van der Waals surface area contributed by atoms with E-state index in [1.807, 2.05) is 0 Å². The highest BCUT2D eigenvalue weighted by atomic mass is 16.1. The number of amides is 1. The second-order valence-corrected chi connectivity index (χ2v) is 5.16. The molecule has 4 N–H and O–H groups in total. The molecule has 19 heavy (non-hydrogen) atoms. The van der Waals surface area contributed by atoms with E-state index in [1.165, 1.54) is 19.3 Å². The Balaban J connectivity index is 1.96. The molecule has 1 saturated carbocycles. The largest absolute Gasteiger partial charge is 0.348 e. The molecule has 0 radical (unpaired) electrons. The molecule has 0 spiro atoms. The van der Waals surface area contributed by atoms with Crippen LogP contribution in [0.25, 0.3) is 0 Å². The average molecular weight is 262 g/mol. The lowest BCUT2D eigenvalue weighted by Crippen LogP contribution is -2.38. The first kappa shape index (κ1) is 13.8. The average Bonchev–Trinajstić information content (AvgIpc) is 2.47. The molecule has 104 valence electrons. The van der Waals surface area contributed by atoms with Gasteiger partial charge in [0.1, 0.15) is 11.5 Å². The number of anilines is 1. The Bertz CT molecular complexity index is 435. The molecular formula is C14H22N4O. The predicted molar refractivity (Wildman–Crippen MR) is 75.6 cm³/mol. The molecule has 0 aromatic carbocycles. The summed E-state index contributed by atoms with van der Waals surface area (Å²) in [5.74, 6) is 6.43. The number of nitrogens with one attached hydrogen (secondary N) is 2. The van der Waals surface area contributed by atoms with Crippen molar-refractivity contribution in [3.05, 3.63) is 23.9 Å². The first-order chi connectivity index (χ1) is 9.22. The van der Waals surface area contributed by atoms with Crippen molar-refractivity contribution in [2.45, 2.75) is 45.1 Å². The number of nitrogen functional groups attached to an aromatic ring is 1. The minimum Gasteiger partial charge on any atom is -0.348 e. The first-order valence-corrected chi connectivity index (χ1v) is 6.97. The molecule has 0 bridgehead atoms. The Morgan fingerprint density at radius 2 is 2.32 bits per heavy atom. The fourth-order valence-corrected chi connectivity index (χ4v) is 2.69. The summed E-state index contributed by atoms with van der Waals surface area (Å²) < 4.78 is 0. The Hall–Kier alpha value is -1.62. The van der Waals surface area contributed by atoms with Crippen molar-refractivity contribution in [2.24, 2.45) is 11.8 Å². The fraction of sp³-hybridized carbons (Fsp3) is 0.571. The van der Waals surface area contributed by atoms with E-state index < -0.39 is 0 Å². The van der Waals surface area contributed by atoms with Crippen LogP contribution >= 0.6 is 0 Å². The zero-order valence-electron chi connectivity index (χ0n) is 11.4. The van der Waals surface area contributed by atoms with E-state index in [-0.39, 0.29) is 11.9 Å². The molecular weight excluding hydrogens is 240 g/mol. The van der Waals surface area contributed by atoms with Gasteiger partial charge in [-0.3, -0.25) is 4.79 Å². The Morgan fingerprint density at radius 1 is 1.47 bits per heavy atom. The zero-order valence-corrected chi connectivity index (χ0v) is 11.4. The Labute approximate surface area is 114 Å². The highest BCUT2D eigenvalue weighted by Crippen LogP contribution is 2.26. The van der Waals surface area contributed by atoms with Crippen molar-refractivity contribution in [3.63, 3.8) is 0 Å². The van der Waals surface area contributed by atoms with Crippen molar-refractivity contribution in [1.29, 1.82) is 0 Å². The van der Waals surface area contributed by atoms with Crippen LogP contribution in [0, 0.1) is 5.92 Å². The highest BCUT2D eigenvalue weighted by Gasteiger charge is 2.22. The number of nitrogens with two attached hydrogens (primary N) is 1. The van der Waals surface area contributed by atoms with E-state index in [2.05, 4.69) is 22.7 Å². The van der Waals surface area contributed by atoms with Gasteiger partial charge in [-0.15, -0.1) is 0 Å². The molecule has 2 rings (SSSR count). The van der Waals surface area contributed by atoms with E-state index in [0.717, 1.165) is 18.8 Å². The Kier molecular flexibility index (Phi) is 4.74. The van der Waals surface area contributed by atoms with Gasteiger partial charge in [0.2, 0.25) is 0 Å². The van der Waals surface area contributed by atoms with Crippen LogP contribution < -0.4 is 16.6 Å². The van der Waals surface area contributed by atoms with E-state index in [0.29, 0.717) is 11.5 Å². The van der Waals surface area contributed by atoms with Gasteiger partial charge in [0.25, 0.3) is 5.91 Å². The summed E-state index contributed by atoms with van der Waals surface area (Å²) in [5, 5.41) is 3.08. The second kappa shape index (κ2) is 6.52. The van der Waals surface area contributed by atoms with Crippen LogP contribution in [0.4, 0.5) is 5.82 Å². The van der Waals surface area contributed by atoms with E-state index in [4.69, 9.17) is 5.84 Å². The summed E-state index contributed by atoms with van der Waals surface area (Å²) >= 11 is 0. The monoisotopic (exact) mass is 262 g/mol. The summed E-state index contributed by atoms with van der Waals surface area (Å²) in [4.78, 5) is 16.3. The van der Waals surface area contributed by atoms with Crippen LogP contribution in [0.5, 0.6) is 0 Å². The van der Waals surface area contributed by atoms with Crippen molar-refractivity contribution in [3.8, 4) is 0 Å². The lowest BCUT2D eigenvalue weighted by molar-refractivity contribution is 0.0914. The maximum Gasteiger partial charge on any atom is 0.270 e. The summed E-state index contributed by atoms with van der Waals surface area (Å²) in [6.45, 7) is 2.22. The molecule has 1 aromatic heterocycles. The van der Waals surface area contributed by atoms with Crippen LogP contribution in [0.2, 0.25) is 0 Å². The van der Waals surface area contributed by atoms with Gasteiger partial charge in [-0.2, -0.15) is 0 Å². The SMILES string of the molecule is CCC1CCCC(NC(=O)c2cccc(NN)n2)C1. The van der Waals surface area contributed by atoms with Crippen LogP contribution in [-0.2, 0) is 0 Å². The number of nitrogens with zero attached hydrogens (tertiary/aromatic N) is 1. The van der Waals surface area contributed by atoms with Crippen molar-refractivity contribution in [1.82, 2.24) is 10.3 Å². The van der Waals surface area contributed by atoms with Crippen molar-refractivity contribution in [2.75, 3.05) is 5.43 Å². The van der Waals surface area contributed by atoms with Gasteiger partial charge in [0.05, 0.1) is 0 Å². The van der Waals surface area contributed by atoms with Crippen LogP contribution in [0.15, 0.2) is 18.2 Å². The second-order valence-electron chi connectivity index (χ2n) is 5.16. The summed E-state index contributed by atoms with van der Waals surface area (Å²) in [6, 6.07) is 5.48. The standard InChI is InChI=1S/C14H22N4O/c1-2-10-5-3-6-11(9-10)16-14(19)12-7-4-8-13(17-12)18-15/h4,7-8,10-11H,2-3,5-6,9,15H2,1H3,(H,16,19)(H,17,18). The van der Waals surface area contributed by atoms with Gasteiger partial charge >= 0.3 is 0 Å². The van der Waals surface area contributed by atoms with E-state index in [9.17, 15) is 4.79 Å². The Morgan fingerprint density at radius 3 is 3.05 bits per heavy atom. The lowest BCUT2D eigenvalue weighted by Gasteiger charge is -2.29. The number of aromatic nitrogens is 1. The smallest absolute Gasteiger partial charge is 0.270 e. The molecule has 1 aromatic rings. The van der Waals surface area contributed by atoms with Crippen molar-refractivity contribution < 1.29 is 4.79 Å². The normalized spacial score (nSPS) is 22.8. The van der Waals surface area contributed by atoms with Gasteiger partial charge in [-0.05, 0) is 30.9 Å². The third-order valence-corrected chi connectivity index (χ3v) is 3.82. The first-order valence-electron chi connectivity index (χ1n) is 6.97. The highest BCUT2D eigenvalue weighted by molar-refractivity contribution is 5.92. The number of pyridine rings is 1. The van der Waals surface area contributed by atoms with Crippen LogP contribution in [-0.4, -0.2) is 16.9 Å². The maximum atomic E-state index is 12.1. The molecule has 2 atom stereocenters.